The van der Waals surface area contributed by atoms with E-state index in [1.165, 1.54) is 36.0 Å². The molecule has 1 atom stereocenters. The number of anilines is 2. The molecule has 180 valence electrons. The van der Waals surface area contributed by atoms with E-state index in [1.54, 1.807) is 36.4 Å². The van der Waals surface area contributed by atoms with Crippen LogP contribution in [-0.4, -0.2) is 17.7 Å². The lowest BCUT2D eigenvalue weighted by molar-refractivity contribution is -0.115. The molecule has 0 saturated carbocycles. The molecule has 0 saturated heterocycles. The van der Waals surface area contributed by atoms with Gasteiger partial charge in [0.25, 0.3) is 5.91 Å². The van der Waals surface area contributed by atoms with Gasteiger partial charge in [0.1, 0.15) is 11.1 Å². The third kappa shape index (κ3) is 6.37. The van der Waals surface area contributed by atoms with Gasteiger partial charge in [-0.3, -0.25) is 14.4 Å². The van der Waals surface area contributed by atoms with E-state index in [9.17, 15) is 18.8 Å². The quantitative estimate of drug-likeness (QED) is 0.273. The summed E-state index contributed by atoms with van der Waals surface area (Å²) in [5.74, 6) is -1.53. The van der Waals surface area contributed by atoms with Crippen molar-refractivity contribution < 1.29 is 18.8 Å². The van der Waals surface area contributed by atoms with Crippen molar-refractivity contribution in [3.8, 4) is 0 Å². The van der Waals surface area contributed by atoms with Crippen LogP contribution in [-0.2, 0) is 4.79 Å². The monoisotopic (exact) mass is 499 g/mol. The molecule has 1 unspecified atom stereocenters. The van der Waals surface area contributed by atoms with Crippen LogP contribution in [0.5, 0.6) is 0 Å². The van der Waals surface area contributed by atoms with Crippen LogP contribution in [0, 0.1) is 5.82 Å². The van der Waals surface area contributed by atoms with E-state index in [1.807, 2.05) is 42.5 Å². The number of rotatable bonds is 8. The first-order valence-corrected chi connectivity index (χ1v) is 11.9. The van der Waals surface area contributed by atoms with Crippen molar-refractivity contribution in [2.24, 2.45) is 5.73 Å². The van der Waals surface area contributed by atoms with Gasteiger partial charge in [-0.05, 0) is 78.4 Å². The summed E-state index contributed by atoms with van der Waals surface area (Å²) in [5.41, 5.74) is 7.92. The fourth-order valence-corrected chi connectivity index (χ4v) is 4.41. The number of carbonyl (C=O) groups is 3. The first-order chi connectivity index (χ1) is 17.4. The zero-order valence-corrected chi connectivity index (χ0v) is 19.8. The minimum absolute atomic E-state index is 0.230. The molecule has 3 amide bonds. The molecule has 0 radical (unpaired) electrons. The van der Waals surface area contributed by atoms with E-state index < -0.39 is 17.0 Å². The average Bonchev–Trinajstić information content (AvgIpc) is 2.89. The summed E-state index contributed by atoms with van der Waals surface area (Å²) in [4.78, 5) is 37.7. The van der Waals surface area contributed by atoms with Crippen molar-refractivity contribution in [2.75, 3.05) is 10.6 Å². The minimum atomic E-state index is -0.554. The Labute approximate surface area is 211 Å². The third-order valence-electron chi connectivity index (χ3n) is 5.25. The predicted molar refractivity (Wildman–Crippen MR) is 139 cm³/mol. The molecule has 0 aromatic heterocycles. The molecule has 8 heteroatoms. The number of nitrogens with two attached hydrogens (primary N) is 1. The Morgan fingerprint density at radius 1 is 0.694 bits per heavy atom. The van der Waals surface area contributed by atoms with Crippen molar-refractivity contribution in [3.63, 3.8) is 0 Å². The number of amides is 3. The fourth-order valence-electron chi connectivity index (χ4n) is 3.38. The van der Waals surface area contributed by atoms with Crippen LogP contribution < -0.4 is 16.4 Å². The SMILES string of the molecule is NC(=O)c1ccc(NC(=O)C(Sc2ccc(NC(=O)c3ccc(F)cc3)cc2)c2ccccc2)cc1. The highest BCUT2D eigenvalue weighted by atomic mass is 32.2. The van der Waals surface area contributed by atoms with Gasteiger partial charge in [-0.1, -0.05) is 30.3 Å². The molecule has 0 spiro atoms. The number of nitrogens with one attached hydrogen (secondary N) is 2. The molecule has 36 heavy (non-hydrogen) atoms. The second-order valence-corrected chi connectivity index (χ2v) is 9.00. The van der Waals surface area contributed by atoms with Crippen LogP contribution in [0.1, 0.15) is 31.5 Å². The Bertz CT molecular complexity index is 1360. The largest absolute Gasteiger partial charge is 0.366 e. The molecule has 0 aliphatic rings. The van der Waals surface area contributed by atoms with Gasteiger partial charge in [-0.15, -0.1) is 11.8 Å². The molecule has 4 aromatic carbocycles. The number of benzene rings is 4. The molecule has 4 aromatic rings. The van der Waals surface area contributed by atoms with Gasteiger partial charge in [0, 0.05) is 27.4 Å². The molecule has 0 bridgehead atoms. The van der Waals surface area contributed by atoms with Crippen LogP contribution in [0.4, 0.5) is 15.8 Å². The molecule has 0 aliphatic heterocycles. The number of primary amides is 1. The summed E-state index contributed by atoms with van der Waals surface area (Å²) in [7, 11) is 0. The average molecular weight is 500 g/mol. The third-order valence-corrected chi connectivity index (χ3v) is 6.52. The molecule has 0 aliphatic carbocycles. The normalized spacial score (nSPS) is 11.4. The van der Waals surface area contributed by atoms with Crippen LogP contribution in [0.15, 0.2) is 108 Å². The van der Waals surface area contributed by atoms with Crippen molar-refractivity contribution in [1.82, 2.24) is 0 Å². The first-order valence-electron chi connectivity index (χ1n) is 11.0. The molecular weight excluding hydrogens is 477 g/mol. The van der Waals surface area contributed by atoms with Crippen LogP contribution in [0.25, 0.3) is 0 Å². The van der Waals surface area contributed by atoms with Gasteiger partial charge in [0.2, 0.25) is 11.8 Å². The lowest BCUT2D eigenvalue weighted by Crippen LogP contribution is -2.19. The van der Waals surface area contributed by atoms with E-state index in [-0.39, 0.29) is 11.8 Å². The Morgan fingerprint density at radius 3 is 1.86 bits per heavy atom. The standard InChI is InChI=1S/C28H22FN3O3S/c29-21-10-6-20(7-11-21)27(34)31-23-14-16-24(17-15-23)36-25(18-4-2-1-3-5-18)28(35)32-22-12-8-19(9-13-22)26(30)33/h1-17,25H,(H2,30,33)(H,31,34)(H,32,35). The van der Waals surface area contributed by atoms with Crippen molar-refractivity contribution in [1.29, 1.82) is 0 Å². The van der Waals surface area contributed by atoms with Crippen LogP contribution in [0.3, 0.4) is 0 Å². The second-order valence-electron chi connectivity index (χ2n) is 7.82. The highest BCUT2D eigenvalue weighted by molar-refractivity contribution is 8.00. The lowest BCUT2D eigenvalue weighted by atomic mass is 10.1. The summed E-state index contributed by atoms with van der Waals surface area (Å²) in [6.45, 7) is 0. The molecule has 0 fully saturated rings. The number of halogens is 1. The molecular formula is C28H22FN3O3S. The van der Waals surface area contributed by atoms with Gasteiger partial charge in [0.05, 0.1) is 0 Å². The van der Waals surface area contributed by atoms with E-state index in [2.05, 4.69) is 10.6 Å². The van der Waals surface area contributed by atoms with Gasteiger partial charge in [0.15, 0.2) is 0 Å². The fraction of sp³-hybridized carbons (Fsp3) is 0.0357. The maximum Gasteiger partial charge on any atom is 0.255 e. The Morgan fingerprint density at radius 2 is 1.25 bits per heavy atom. The Kier molecular flexibility index (Phi) is 7.77. The number of thioether (sulfide) groups is 1. The topological polar surface area (TPSA) is 101 Å². The Hall–Kier alpha value is -4.43. The number of hydrogen-bond acceptors (Lipinski definition) is 4. The highest BCUT2D eigenvalue weighted by Crippen LogP contribution is 2.36. The van der Waals surface area contributed by atoms with Crippen molar-refractivity contribution in [3.05, 3.63) is 126 Å². The van der Waals surface area contributed by atoms with Crippen LogP contribution in [0.2, 0.25) is 0 Å². The maximum atomic E-state index is 13.2. The lowest BCUT2D eigenvalue weighted by Gasteiger charge is -2.17. The van der Waals surface area contributed by atoms with E-state index in [4.69, 9.17) is 5.73 Å². The molecule has 0 heterocycles. The van der Waals surface area contributed by atoms with E-state index in [0.29, 0.717) is 22.5 Å². The smallest absolute Gasteiger partial charge is 0.255 e. The molecule has 4 rings (SSSR count). The number of carbonyl (C=O) groups excluding carboxylic acids is 3. The van der Waals surface area contributed by atoms with Crippen molar-refractivity contribution in [2.45, 2.75) is 10.1 Å². The second kappa shape index (κ2) is 11.3. The van der Waals surface area contributed by atoms with Gasteiger partial charge in [-0.2, -0.15) is 0 Å². The molecule has 4 N–H and O–H groups in total. The summed E-state index contributed by atoms with van der Waals surface area (Å²) in [5, 5.41) is 5.11. The van der Waals surface area contributed by atoms with Crippen molar-refractivity contribution >= 4 is 40.9 Å². The van der Waals surface area contributed by atoms with E-state index in [0.717, 1.165) is 10.5 Å². The summed E-state index contributed by atoms with van der Waals surface area (Å²) in [6.07, 6.45) is 0. The summed E-state index contributed by atoms with van der Waals surface area (Å²) >= 11 is 1.36. The minimum Gasteiger partial charge on any atom is -0.366 e. The summed E-state index contributed by atoms with van der Waals surface area (Å²) < 4.78 is 13.1. The zero-order chi connectivity index (χ0) is 25.5. The highest BCUT2D eigenvalue weighted by Gasteiger charge is 2.22. The van der Waals surface area contributed by atoms with Gasteiger partial charge in [-0.25, -0.2) is 4.39 Å². The number of hydrogen-bond donors (Lipinski definition) is 3. The molecule has 6 nitrogen and oxygen atoms in total. The zero-order valence-electron chi connectivity index (χ0n) is 19.0. The van der Waals surface area contributed by atoms with E-state index >= 15 is 0 Å². The van der Waals surface area contributed by atoms with Gasteiger partial charge >= 0.3 is 0 Å². The Balaban J connectivity index is 1.47. The summed E-state index contributed by atoms with van der Waals surface area (Å²) in [6, 6.07) is 28.2. The van der Waals surface area contributed by atoms with Gasteiger partial charge < -0.3 is 16.4 Å². The maximum absolute atomic E-state index is 13.2. The first kappa shape index (κ1) is 24.7. The predicted octanol–water partition coefficient (Wildman–Crippen LogP) is 5.65. The van der Waals surface area contributed by atoms with Crippen LogP contribution >= 0.6 is 11.8 Å².